The van der Waals surface area contributed by atoms with Crippen molar-refractivity contribution in [1.82, 2.24) is 20.1 Å². The normalized spacial score (nSPS) is 13.7. The van der Waals surface area contributed by atoms with Gasteiger partial charge >= 0.3 is 0 Å². The zero-order chi connectivity index (χ0) is 21.2. The summed E-state index contributed by atoms with van der Waals surface area (Å²) in [5, 5.41) is 13.2. The Balaban J connectivity index is 1.71. The average Bonchev–Trinajstić information content (AvgIpc) is 3.15. The molecular formula is C25H22ClN5. The van der Waals surface area contributed by atoms with E-state index in [0.29, 0.717) is 11.6 Å². The molecule has 0 fully saturated rings. The van der Waals surface area contributed by atoms with Crippen molar-refractivity contribution in [1.29, 1.82) is 0 Å². The molecule has 1 atom stereocenters. The Morgan fingerprint density at radius 1 is 0.968 bits per heavy atom. The summed E-state index contributed by atoms with van der Waals surface area (Å²) in [5.74, 6) is 1.76. The summed E-state index contributed by atoms with van der Waals surface area (Å²) < 4.78 is 2.15. The Kier molecular flexibility index (Phi) is 5.37. The third-order valence-corrected chi connectivity index (χ3v) is 5.79. The number of aliphatic imine (C=N–C) groups is 1. The van der Waals surface area contributed by atoms with Gasteiger partial charge in [0.15, 0.2) is 5.82 Å². The quantitative estimate of drug-likeness (QED) is 0.505. The first-order valence-corrected chi connectivity index (χ1v) is 10.7. The van der Waals surface area contributed by atoms with Crippen LogP contribution in [0.4, 0.5) is 0 Å². The van der Waals surface area contributed by atoms with E-state index in [1.165, 1.54) is 5.56 Å². The Bertz CT molecular complexity index is 1230. The van der Waals surface area contributed by atoms with Crippen LogP contribution in [-0.4, -0.2) is 34.1 Å². The Labute approximate surface area is 186 Å². The van der Waals surface area contributed by atoms with Crippen molar-refractivity contribution < 1.29 is 0 Å². The molecule has 1 aromatic heterocycles. The van der Waals surface area contributed by atoms with Gasteiger partial charge in [0, 0.05) is 22.7 Å². The molecule has 6 heteroatoms. The first kappa shape index (κ1) is 19.7. The van der Waals surface area contributed by atoms with E-state index in [1.54, 1.807) is 0 Å². The second kappa shape index (κ2) is 8.46. The van der Waals surface area contributed by atoms with Gasteiger partial charge < -0.3 is 5.32 Å². The average molecular weight is 428 g/mol. The van der Waals surface area contributed by atoms with E-state index in [2.05, 4.69) is 56.5 Å². The molecule has 31 heavy (non-hydrogen) atoms. The number of halogens is 1. The lowest BCUT2D eigenvalue weighted by molar-refractivity contribution is 0.655. The fourth-order valence-electron chi connectivity index (χ4n) is 4.14. The molecule has 2 heterocycles. The molecule has 1 unspecified atom stereocenters. The number of rotatable bonds is 5. The molecule has 154 valence electrons. The molecule has 4 aromatic rings. The van der Waals surface area contributed by atoms with E-state index in [9.17, 15) is 0 Å². The van der Waals surface area contributed by atoms with Crippen molar-refractivity contribution in [3.05, 3.63) is 112 Å². The van der Waals surface area contributed by atoms with E-state index in [-0.39, 0.29) is 5.92 Å². The third kappa shape index (κ3) is 3.67. The minimum atomic E-state index is 0.0502. The van der Waals surface area contributed by atoms with E-state index < -0.39 is 0 Å². The van der Waals surface area contributed by atoms with Gasteiger partial charge in [-0.2, -0.15) is 0 Å². The third-order valence-electron chi connectivity index (χ3n) is 5.56. The van der Waals surface area contributed by atoms with Crippen molar-refractivity contribution in [3.8, 4) is 5.69 Å². The maximum atomic E-state index is 6.43. The Morgan fingerprint density at radius 3 is 2.45 bits per heavy atom. The molecule has 1 aliphatic heterocycles. The molecule has 0 spiro atoms. The summed E-state index contributed by atoms with van der Waals surface area (Å²) >= 11 is 6.43. The number of nitrogens with one attached hydrogen (secondary N) is 1. The van der Waals surface area contributed by atoms with Gasteiger partial charge in [0.25, 0.3) is 0 Å². The van der Waals surface area contributed by atoms with Crippen LogP contribution in [0.5, 0.6) is 0 Å². The van der Waals surface area contributed by atoms with Gasteiger partial charge in [-0.25, -0.2) is 0 Å². The molecule has 5 nitrogen and oxygen atoms in total. The van der Waals surface area contributed by atoms with Crippen molar-refractivity contribution in [2.45, 2.75) is 12.5 Å². The van der Waals surface area contributed by atoms with Gasteiger partial charge in [-0.05, 0) is 30.8 Å². The minimum Gasteiger partial charge on any atom is -0.319 e. The molecular weight excluding hydrogens is 406 g/mol. The van der Waals surface area contributed by atoms with Crippen LogP contribution in [-0.2, 0) is 6.54 Å². The van der Waals surface area contributed by atoms with E-state index in [4.69, 9.17) is 16.6 Å². The molecule has 1 N–H and O–H groups in total. The van der Waals surface area contributed by atoms with Crippen LogP contribution in [0.1, 0.15) is 34.3 Å². The monoisotopic (exact) mass is 427 g/mol. The number of benzene rings is 3. The Hall–Kier alpha value is -3.28. The van der Waals surface area contributed by atoms with E-state index in [1.807, 2.05) is 49.5 Å². The van der Waals surface area contributed by atoms with Gasteiger partial charge in [0.05, 0.1) is 17.3 Å². The number of aromatic nitrogens is 3. The van der Waals surface area contributed by atoms with Gasteiger partial charge in [0.2, 0.25) is 0 Å². The van der Waals surface area contributed by atoms with Crippen LogP contribution in [0.2, 0.25) is 5.02 Å². The van der Waals surface area contributed by atoms with E-state index in [0.717, 1.165) is 40.7 Å². The van der Waals surface area contributed by atoms with Crippen LogP contribution < -0.4 is 5.32 Å². The SMILES string of the molecule is CNCC(c1ccccc1)c1nnc2n1-c1ccc(Cl)cc1C(c1ccccc1)=NC2. The summed E-state index contributed by atoms with van der Waals surface area (Å²) in [6, 6.07) is 26.6. The summed E-state index contributed by atoms with van der Waals surface area (Å²) in [6.07, 6.45) is 0. The molecule has 0 saturated heterocycles. The smallest absolute Gasteiger partial charge is 0.159 e. The number of fused-ring (bicyclic) bond motifs is 3. The van der Waals surface area contributed by atoms with Crippen LogP contribution in [0.25, 0.3) is 5.69 Å². The number of hydrogen-bond donors (Lipinski definition) is 1. The fraction of sp³-hybridized carbons (Fsp3) is 0.160. The zero-order valence-electron chi connectivity index (χ0n) is 17.2. The van der Waals surface area contributed by atoms with Crippen LogP contribution in [0.15, 0.2) is 83.9 Å². The van der Waals surface area contributed by atoms with E-state index >= 15 is 0 Å². The molecule has 0 aliphatic carbocycles. The highest BCUT2D eigenvalue weighted by molar-refractivity contribution is 6.31. The van der Waals surface area contributed by atoms with Crippen LogP contribution in [0, 0.1) is 0 Å². The second-order valence-electron chi connectivity index (χ2n) is 7.52. The summed E-state index contributed by atoms with van der Waals surface area (Å²) in [6.45, 7) is 1.20. The number of likely N-dealkylation sites (N-methyl/N-ethyl adjacent to an activating group) is 1. The number of hydrogen-bond acceptors (Lipinski definition) is 4. The minimum absolute atomic E-state index is 0.0502. The predicted molar refractivity (Wildman–Crippen MR) is 124 cm³/mol. The standard InChI is InChI=1S/C25H22ClN5/c1-27-15-21(17-8-4-2-5-9-17)25-30-29-23-16-28-24(18-10-6-3-7-11-18)20-14-19(26)12-13-22(20)31(23)25/h2-14,21,27H,15-16H2,1H3. The van der Waals surface area contributed by atoms with Gasteiger partial charge in [-0.15, -0.1) is 10.2 Å². The van der Waals surface area contributed by atoms with Crippen molar-refractivity contribution in [2.75, 3.05) is 13.6 Å². The fourth-order valence-corrected chi connectivity index (χ4v) is 4.31. The van der Waals surface area contributed by atoms with Crippen molar-refractivity contribution in [2.24, 2.45) is 4.99 Å². The lowest BCUT2D eigenvalue weighted by Gasteiger charge is -2.20. The maximum Gasteiger partial charge on any atom is 0.159 e. The van der Waals surface area contributed by atoms with Crippen LogP contribution >= 0.6 is 11.6 Å². The zero-order valence-corrected chi connectivity index (χ0v) is 17.9. The molecule has 3 aromatic carbocycles. The highest BCUT2D eigenvalue weighted by Gasteiger charge is 2.27. The van der Waals surface area contributed by atoms with Gasteiger partial charge in [0.1, 0.15) is 12.4 Å². The lowest BCUT2D eigenvalue weighted by atomic mass is 9.97. The van der Waals surface area contributed by atoms with Gasteiger partial charge in [-0.3, -0.25) is 9.56 Å². The molecule has 0 bridgehead atoms. The first-order chi connectivity index (χ1) is 15.3. The largest absolute Gasteiger partial charge is 0.319 e. The molecule has 5 rings (SSSR count). The lowest BCUT2D eigenvalue weighted by Crippen LogP contribution is -2.22. The Morgan fingerprint density at radius 2 is 1.71 bits per heavy atom. The molecule has 1 aliphatic rings. The summed E-state index contributed by atoms with van der Waals surface area (Å²) in [4.78, 5) is 4.93. The maximum absolute atomic E-state index is 6.43. The molecule has 0 amide bonds. The van der Waals surface area contributed by atoms with Crippen molar-refractivity contribution in [3.63, 3.8) is 0 Å². The summed E-state index contributed by atoms with van der Waals surface area (Å²) in [5.41, 5.74) is 5.14. The second-order valence-corrected chi connectivity index (χ2v) is 7.96. The summed E-state index contributed by atoms with van der Waals surface area (Å²) in [7, 11) is 1.96. The van der Waals surface area contributed by atoms with Crippen LogP contribution in [0.3, 0.4) is 0 Å². The number of nitrogens with zero attached hydrogens (tertiary/aromatic N) is 4. The predicted octanol–water partition coefficient (Wildman–Crippen LogP) is 4.62. The van der Waals surface area contributed by atoms with Gasteiger partial charge in [-0.1, -0.05) is 72.3 Å². The highest BCUT2D eigenvalue weighted by atomic mass is 35.5. The molecule has 0 saturated carbocycles. The topological polar surface area (TPSA) is 55.1 Å². The highest BCUT2D eigenvalue weighted by Crippen LogP contribution is 2.32. The molecule has 0 radical (unpaired) electrons. The first-order valence-electron chi connectivity index (χ1n) is 10.3. The van der Waals surface area contributed by atoms with Crippen molar-refractivity contribution >= 4 is 17.3 Å².